The largest absolute Gasteiger partial charge is 0.362 e. The van der Waals surface area contributed by atoms with Crippen molar-refractivity contribution in [2.75, 3.05) is 0 Å². The predicted octanol–water partition coefficient (Wildman–Crippen LogP) is 4.45. The molecule has 1 unspecified atom stereocenters. The van der Waals surface area contributed by atoms with E-state index in [1.165, 1.54) is 11.1 Å². The zero-order chi connectivity index (χ0) is 14.6. The molecule has 0 N–H and O–H groups in total. The average molecular weight is 321 g/mol. The van der Waals surface area contributed by atoms with Crippen molar-refractivity contribution in [3.8, 4) is 0 Å². The Hall–Kier alpha value is -0.500. The molecule has 3 heteroatoms. The Labute approximate surface area is 135 Å². The van der Waals surface area contributed by atoms with Gasteiger partial charge in [0.1, 0.15) is 5.60 Å². The zero-order valence-electron chi connectivity index (χ0n) is 12.1. The number of alkyl halides is 2. The van der Waals surface area contributed by atoms with Crippen molar-refractivity contribution in [3.05, 3.63) is 47.5 Å². The molecule has 1 saturated carbocycles. The van der Waals surface area contributed by atoms with Crippen LogP contribution in [-0.2, 0) is 4.74 Å². The Kier molecular flexibility index (Phi) is 2.28. The monoisotopic (exact) mass is 320 g/mol. The SMILES string of the molecule is CC1(C)OC12[C@H]1c3ccccc3[C@H]2[C@H]2[C@@H]1[C@H](Cl)C=C[C@@H]2Cl. The van der Waals surface area contributed by atoms with E-state index >= 15 is 0 Å². The lowest BCUT2D eigenvalue weighted by atomic mass is 9.70. The second-order valence-corrected chi connectivity index (χ2v) is 8.43. The molecule has 1 aromatic rings. The van der Waals surface area contributed by atoms with Crippen LogP contribution in [-0.4, -0.2) is 22.0 Å². The Morgan fingerprint density at radius 3 is 1.71 bits per heavy atom. The first-order chi connectivity index (χ1) is 9.99. The van der Waals surface area contributed by atoms with Gasteiger partial charge in [-0.1, -0.05) is 36.4 Å². The zero-order valence-corrected chi connectivity index (χ0v) is 13.6. The molecule has 0 radical (unpaired) electrons. The molecule has 2 fully saturated rings. The lowest BCUT2D eigenvalue weighted by molar-refractivity contribution is 0.252. The van der Waals surface area contributed by atoms with Crippen LogP contribution in [0, 0.1) is 11.8 Å². The summed E-state index contributed by atoms with van der Waals surface area (Å²) in [5.41, 5.74) is 2.72. The predicted molar refractivity (Wildman–Crippen MR) is 85.2 cm³/mol. The third-order valence-electron chi connectivity index (χ3n) is 6.34. The van der Waals surface area contributed by atoms with Crippen LogP contribution in [0.15, 0.2) is 36.4 Å². The van der Waals surface area contributed by atoms with Gasteiger partial charge < -0.3 is 4.74 Å². The van der Waals surface area contributed by atoms with Gasteiger partial charge in [0, 0.05) is 11.8 Å². The lowest BCUT2D eigenvalue weighted by Crippen LogP contribution is -2.36. The standard InChI is InChI=1S/C18H18Cl2O/c1-17(2)18(21-17)15-9-5-3-4-6-10(9)16(18)14-12(20)8-7-11(19)13(14)15/h3-8,11-16H,1-2H3/t11-,12+,13+,14-,15-,16-,18?/m0/s1. The number of rotatable bonds is 0. The normalized spacial score (nSPS) is 51.0. The molecule has 1 nitrogen and oxygen atoms in total. The third kappa shape index (κ3) is 1.27. The summed E-state index contributed by atoms with van der Waals surface area (Å²) < 4.78 is 6.37. The summed E-state index contributed by atoms with van der Waals surface area (Å²) in [4.78, 5) is 0. The molecule has 0 aromatic heterocycles. The number of allylic oxidation sites excluding steroid dienone is 2. The minimum absolute atomic E-state index is 0.0604. The van der Waals surface area contributed by atoms with Gasteiger partial charge in [0.05, 0.1) is 16.4 Å². The summed E-state index contributed by atoms with van der Waals surface area (Å²) >= 11 is 13.4. The molecule has 21 heavy (non-hydrogen) atoms. The first kappa shape index (κ1) is 13.0. The number of fused-ring (bicyclic) bond motifs is 6. The Bertz CT molecular complexity index is 620. The van der Waals surface area contributed by atoms with Crippen LogP contribution in [0.1, 0.15) is 36.8 Å². The van der Waals surface area contributed by atoms with Crippen molar-refractivity contribution in [2.45, 2.75) is 47.6 Å². The fraction of sp³-hybridized carbons (Fsp3) is 0.556. The molecule has 3 aliphatic carbocycles. The molecule has 0 amide bonds. The topological polar surface area (TPSA) is 12.5 Å². The van der Waals surface area contributed by atoms with E-state index in [0.717, 1.165) is 0 Å². The second kappa shape index (κ2) is 3.69. The minimum atomic E-state index is -0.0850. The summed E-state index contributed by atoms with van der Waals surface area (Å²) in [6.07, 6.45) is 4.18. The van der Waals surface area contributed by atoms with Gasteiger partial charge >= 0.3 is 0 Å². The average Bonchev–Trinajstić information content (AvgIpc) is 2.78. The fourth-order valence-electron chi connectivity index (χ4n) is 5.70. The van der Waals surface area contributed by atoms with Crippen molar-refractivity contribution in [1.29, 1.82) is 0 Å². The maximum absolute atomic E-state index is 6.69. The van der Waals surface area contributed by atoms with Crippen molar-refractivity contribution in [1.82, 2.24) is 0 Å². The summed E-state index contributed by atoms with van der Waals surface area (Å²) in [6, 6.07) is 8.80. The van der Waals surface area contributed by atoms with E-state index < -0.39 is 0 Å². The van der Waals surface area contributed by atoms with E-state index in [1.807, 2.05) is 0 Å². The number of halogens is 2. The van der Waals surface area contributed by atoms with Crippen LogP contribution >= 0.6 is 23.2 Å². The van der Waals surface area contributed by atoms with Gasteiger partial charge in [-0.15, -0.1) is 23.2 Å². The molecule has 110 valence electrons. The lowest BCUT2D eigenvalue weighted by Gasteiger charge is -2.38. The molecule has 4 aliphatic rings. The van der Waals surface area contributed by atoms with Crippen LogP contribution < -0.4 is 0 Å². The van der Waals surface area contributed by atoms with E-state index in [9.17, 15) is 0 Å². The molecule has 1 aliphatic heterocycles. The van der Waals surface area contributed by atoms with E-state index in [1.54, 1.807) is 0 Å². The van der Waals surface area contributed by atoms with Gasteiger partial charge in [-0.2, -0.15) is 0 Å². The van der Waals surface area contributed by atoms with Gasteiger partial charge in [0.25, 0.3) is 0 Å². The number of hydrogen-bond acceptors (Lipinski definition) is 1. The quantitative estimate of drug-likeness (QED) is 0.391. The van der Waals surface area contributed by atoms with E-state index in [-0.39, 0.29) is 22.0 Å². The number of benzene rings is 1. The first-order valence-electron chi connectivity index (χ1n) is 7.74. The maximum atomic E-state index is 6.69. The second-order valence-electron chi connectivity index (χ2n) is 7.42. The summed E-state index contributed by atoms with van der Waals surface area (Å²) in [5, 5.41) is 0.121. The van der Waals surface area contributed by atoms with Crippen molar-refractivity contribution < 1.29 is 4.74 Å². The van der Waals surface area contributed by atoms with Crippen molar-refractivity contribution in [3.63, 3.8) is 0 Å². The van der Waals surface area contributed by atoms with E-state index in [2.05, 4.69) is 50.3 Å². The first-order valence-corrected chi connectivity index (χ1v) is 8.62. The molecule has 1 heterocycles. The molecule has 1 saturated heterocycles. The smallest absolute Gasteiger partial charge is 0.112 e. The summed E-state index contributed by atoms with van der Waals surface area (Å²) in [6.45, 7) is 4.44. The van der Waals surface area contributed by atoms with Crippen LogP contribution in [0.2, 0.25) is 0 Å². The minimum Gasteiger partial charge on any atom is -0.362 e. The van der Waals surface area contributed by atoms with Gasteiger partial charge in [-0.3, -0.25) is 0 Å². The van der Waals surface area contributed by atoms with Gasteiger partial charge in [-0.25, -0.2) is 0 Å². The molecule has 1 aromatic carbocycles. The number of epoxide rings is 1. The highest BCUT2D eigenvalue weighted by atomic mass is 35.5. The highest BCUT2D eigenvalue weighted by molar-refractivity contribution is 6.24. The van der Waals surface area contributed by atoms with Crippen LogP contribution in [0.25, 0.3) is 0 Å². The van der Waals surface area contributed by atoms with E-state index in [4.69, 9.17) is 27.9 Å². The molecule has 5 rings (SSSR count). The Balaban J connectivity index is 1.77. The van der Waals surface area contributed by atoms with Crippen molar-refractivity contribution in [2.24, 2.45) is 11.8 Å². The Morgan fingerprint density at radius 1 is 0.905 bits per heavy atom. The van der Waals surface area contributed by atoms with Gasteiger partial charge in [0.15, 0.2) is 0 Å². The number of ether oxygens (including phenoxy) is 1. The number of hydrogen-bond donors (Lipinski definition) is 0. The highest BCUT2D eigenvalue weighted by Gasteiger charge is 2.82. The van der Waals surface area contributed by atoms with Crippen LogP contribution in [0.5, 0.6) is 0 Å². The van der Waals surface area contributed by atoms with Crippen LogP contribution in [0.4, 0.5) is 0 Å². The Morgan fingerprint density at radius 2 is 1.33 bits per heavy atom. The van der Waals surface area contributed by atoms with Gasteiger partial charge in [-0.05, 0) is 36.8 Å². The fourth-order valence-corrected chi connectivity index (χ4v) is 6.49. The maximum Gasteiger partial charge on any atom is 0.112 e. The molecule has 7 atom stereocenters. The van der Waals surface area contributed by atoms with Crippen LogP contribution in [0.3, 0.4) is 0 Å². The summed E-state index contributed by atoms with van der Waals surface area (Å²) in [5.74, 6) is 1.54. The molecule has 2 bridgehead atoms. The highest BCUT2D eigenvalue weighted by Crippen LogP contribution is 2.79. The van der Waals surface area contributed by atoms with Crippen molar-refractivity contribution >= 4 is 23.2 Å². The molecular formula is C18H18Cl2O. The summed E-state index contributed by atoms with van der Waals surface area (Å²) in [7, 11) is 0. The molecule has 1 spiro atoms. The molecular weight excluding hydrogens is 303 g/mol. The van der Waals surface area contributed by atoms with E-state index in [0.29, 0.717) is 23.7 Å². The van der Waals surface area contributed by atoms with Gasteiger partial charge in [0.2, 0.25) is 0 Å². The third-order valence-corrected chi connectivity index (χ3v) is 7.21.